The molecule has 9 rings (SSSR count). The summed E-state index contributed by atoms with van der Waals surface area (Å²) in [5.74, 6) is 2.85. The quantitative estimate of drug-likeness (QED) is 0.182. The van der Waals surface area contributed by atoms with Crippen LogP contribution >= 0.6 is 11.6 Å². The summed E-state index contributed by atoms with van der Waals surface area (Å²) in [6, 6.07) is 16.1. The Kier molecular flexibility index (Phi) is 11.4. The van der Waals surface area contributed by atoms with Crippen molar-refractivity contribution in [3.05, 3.63) is 87.8 Å². The van der Waals surface area contributed by atoms with E-state index in [1.165, 1.54) is 22.5 Å². The number of rotatable bonds is 9. The fourth-order valence-electron chi connectivity index (χ4n) is 11.4. The predicted octanol–water partition coefficient (Wildman–Crippen LogP) is 7.35. The largest absolute Gasteiger partial charge is 0.489 e. The number of amides is 2. The van der Waals surface area contributed by atoms with Gasteiger partial charge in [-0.3, -0.25) is 14.3 Å². The lowest BCUT2D eigenvalue weighted by Gasteiger charge is -2.63. The summed E-state index contributed by atoms with van der Waals surface area (Å²) in [4.78, 5) is 44.6. The van der Waals surface area contributed by atoms with Crippen LogP contribution in [0, 0.1) is 28.1 Å². The van der Waals surface area contributed by atoms with Gasteiger partial charge in [-0.1, -0.05) is 57.5 Å². The van der Waals surface area contributed by atoms with Gasteiger partial charge in [-0.2, -0.15) is 10.4 Å². The van der Waals surface area contributed by atoms with Gasteiger partial charge in [0.15, 0.2) is 5.82 Å². The first-order chi connectivity index (χ1) is 29.8. The van der Waals surface area contributed by atoms with Crippen molar-refractivity contribution in [2.45, 2.75) is 104 Å². The number of nitriles is 1. The van der Waals surface area contributed by atoms with Crippen LogP contribution in [0.1, 0.15) is 106 Å². The molecule has 14 heteroatoms. The molecule has 0 spiro atoms. The van der Waals surface area contributed by atoms with Gasteiger partial charge in [-0.05, 0) is 68.2 Å². The van der Waals surface area contributed by atoms with Gasteiger partial charge in [0.05, 0.1) is 28.7 Å². The van der Waals surface area contributed by atoms with Gasteiger partial charge in [0.1, 0.15) is 17.9 Å². The van der Waals surface area contributed by atoms with Crippen molar-refractivity contribution in [3.8, 4) is 11.8 Å². The summed E-state index contributed by atoms with van der Waals surface area (Å²) >= 11 is 6.27. The highest BCUT2D eigenvalue weighted by molar-refractivity contribution is 6.31. The van der Waals surface area contributed by atoms with E-state index in [9.17, 15) is 14.9 Å². The smallest absolute Gasteiger partial charge is 0.254 e. The topological polar surface area (TPSA) is 136 Å². The summed E-state index contributed by atoms with van der Waals surface area (Å²) in [6.07, 6.45) is 10.4. The van der Waals surface area contributed by atoms with Crippen LogP contribution in [0.5, 0.6) is 5.75 Å². The van der Waals surface area contributed by atoms with Crippen molar-refractivity contribution >= 4 is 40.9 Å². The number of anilines is 3. The molecule has 2 amide bonds. The van der Waals surface area contributed by atoms with E-state index in [0.717, 1.165) is 96.6 Å². The Morgan fingerprint density at radius 1 is 0.935 bits per heavy atom. The molecule has 5 aliphatic rings. The number of benzene rings is 2. The average Bonchev–Trinajstić information content (AvgIpc) is 3.66. The zero-order valence-corrected chi connectivity index (χ0v) is 37.5. The van der Waals surface area contributed by atoms with Crippen LogP contribution in [0.3, 0.4) is 0 Å². The van der Waals surface area contributed by atoms with E-state index in [1.807, 2.05) is 4.90 Å². The number of fused-ring (bicyclic) bond motifs is 2. The molecule has 1 saturated carbocycles. The number of nitrogens with zero attached hydrogens (tertiary/aromatic N) is 9. The maximum atomic E-state index is 13.5. The summed E-state index contributed by atoms with van der Waals surface area (Å²) in [5, 5.41) is 18.2. The maximum absolute atomic E-state index is 13.5. The number of piperidine rings is 2. The van der Waals surface area contributed by atoms with Crippen molar-refractivity contribution in [1.29, 1.82) is 5.26 Å². The van der Waals surface area contributed by atoms with Crippen molar-refractivity contribution in [2.24, 2.45) is 16.7 Å². The molecular weight excluding hydrogens is 800 g/mol. The number of aryl methyl sites for hydroxylation is 1. The van der Waals surface area contributed by atoms with E-state index < -0.39 is 0 Å². The van der Waals surface area contributed by atoms with Gasteiger partial charge >= 0.3 is 0 Å². The normalized spacial score (nSPS) is 22.6. The Morgan fingerprint density at radius 3 is 2.35 bits per heavy atom. The van der Waals surface area contributed by atoms with Gasteiger partial charge in [0.25, 0.3) is 5.91 Å². The van der Waals surface area contributed by atoms with E-state index in [2.05, 4.69) is 92.7 Å². The second kappa shape index (κ2) is 16.8. The van der Waals surface area contributed by atoms with Crippen LogP contribution < -0.4 is 19.9 Å². The van der Waals surface area contributed by atoms with Crippen molar-refractivity contribution in [2.75, 3.05) is 55.6 Å². The third kappa shape index (κ3) is 7.89. The van der Waals surface area contributed by atoms with Gasteiger partial charge in [-0.25, -0.2) is 9.97 Å². The third-order valence-electron chi connectivity index (χ3n) is 14.5. The fourth-order valence-corrected chi connectivity index (χ4v) is 11.6. The minimum absolute atomic E-state index is 0.131. The van der Waals surface area contributed by atoms with Crippen LogP contribution in [0.4, 0.5) is 17.5 Å². The Hall–Kier alpha value is -5.19. The van der Waals surface area contributed by atoms with Gasteiger partial charge in [0, 0.05) is 111 Å². The van der Waals surface area contributed by atoms with Crippen molar-refractivity contribution < 1.29 is 14.3 Å². The summed E-state index contributed by atoms with van der Waals surface area (Å²) in [7, 11) is 0. The zero-order chi connectivity index (χ0) is 43.3. The SMILES string of the molecule is CC(=O)N1CCc2c(c(N3CCCc4ccccc43)nn2C2CCN(CC3CCN(c4ncc(C(=O)NC5C(C)(C)C(Oc6ccc(C#N)c(Cl)c6)C5(C)C)cn4)CC3)CC2)C1. The summed E-state index contributed by atoms with van der Waals surface area (Å²) in [6.45, 7) is 17.4. The third-order valence-corrected chi connectivity index (χ3v) is 14.8. The summed E-state index contributed by atoms with van der Waals surface area (Å²) < 4.78 is 8.75. The Balaban J connectivity index is 0.766. The molecule has 13 nitrogen and oxygen atoms in total. The summed E-state index contributed by atoms with van der Waals surface area (Å²) in [5.41, 5.74) is 5.28. The number of para-hydroxylation sites is 1. The standard InChI is InChI=1S/C48H59ClN10O3/c1-31(60)57-24-18-41-38(30-57)42(58-19-8-10-33-9-6-7-11-40(33)58)54-59(41)36-16-20-55(21-17-36)29-32-14-22-56(23-15-32)46-51-27-35(28-52-46)43(61)53-44-47(2,3)45(48(44,4)5)62-37-13-12-34(26-50)39(49)25-37/h6-7,9,11-13,25,27-28,32,36,44-45H,8,10,14-24,29-30H2,1-5H3,(H,53,61). The molecule has 0 atom stereocenters. The fraction of sp³-hybridized carbons (Fsp3) is 0.542. The number of carbonyl (C=O) groups is 2. The lowest BCUT2D eigenvalue weighted by Crippen LogP contribution is -2.74. The minimum atomic E-state index is -0.370. The molecule has 1 aliphatic carbocycles. The molecular formula is C48H59ClN10O3. The molecule has 1 N–H and O–H groups in total. The zero-order valence-electron chi connectivity index (χ0n) is 36.7. The van der Waals surface area contributed by atoms with Crippen LogP contribution in [-0.4, -0.2) is 99.3 Å². The highest BCUT2D eigenvalue weighted by Crippen LogP contribution is 2.55. The van der Waals surface area contributed by atoms with E-state index >= 15 is 0 Å². The monoisotopic (exact) mass is 858 g/mol. The number of halogens is 1. The molecule has 2 aromatic heterocycles. The Labute approximate surface area is 370 Å². The molecule has 3 fully saturated rings. The molecule has 4 aromatic rings. The van der Waals surface area contributed by atoms with E-state index in [4.69, 9.17) is 21.4 Å². The molecule has 0 radical (unpaired) electrons. The maximum Gasteiger partial charge on any atom is 0.254 e. The first-order valence-corrected chi connectivity index (χ1v) is 22.9. The molecule has 2 saturated heterocycles. The molecule has 326 valence electrons. The first-order valence-electron chi connectivity index (χ1n) is 22.5. The van der Waals surface area contributed by atoms with E-state index in [-0.39, 0.29) is 34.8 Å². The molecule has 62 heavy (non-hydrogen) atoms. The number of hydrogen-bond donors (Lipinski definition) is 1. The number of likely N-dealkylation sites (tertiary alicyclic amines) is 1. The molecule has 4 aliphatic heterocycles. The Bertz CT molecular complexity index is 2340. The average molecular weight is 860 g/mol. The van der Waals surface area contributed by atoms with Crippen LogP contribution in [0.25, 0.3) is 0 Å². The van der Waals surface area contributed by atoms with Crippen LogP contribution in [0.2, 0.25) is 5.02 Å². The second-order valence-electron chi connectivity index (χ2n) is 19.3. The van der Waals surface area contributed by atoms with E-state index in [0.29, 0.717) is 46.4 Å². The lowest BCUT2D eigenvalue weighted by atomic mass is 9.49. The lowest BCUT2D eigenvalue weighted by molar-refractivity contribution is -0.164. The minimum Gasteiger partial charge on any atom is -0.489 e. The van der Waals surface area contributed by atoms with Gasteiger partial charge < -0.3 is 29.7 Å². The Morgan fingerprint density at radius 2 is 1.66 bits per heavy atom. The number of hydrogen-bond acceptors (Lipinski definition) is 10. The number of carbonyl (C=O) groups excluding carboxylic acids is 2. The first kappa shape index (κ1) is 42.1. The van der Waals surface area contributed by atoms with Gasteiger partial charge in [0.2, 0.25) is 11.9 Å². The van der Waals surface area contributed by atoms with Crippen LogP contribution in [0.15, 0.2) is 54.9 Å². The molecule has 0 unspecified atom stereocenters. The van der Waals surface area contributed by atoms with Crippen LogP contribution in [-0.2, 0) is 24.2 Å². The number of nitrogens with one attached hydrogen (secondary N) is 1. The molecule has 2 aromatic carbocycles. The predicted molar refractivity (Wildman–Crippen MR) is 240 cm³/mol. The molecule has 0 bridgehead atoms. The number of aromatic nitrogens is 4. The van der Waals surface area contributed by atoms with Gasteiger partial charge in [-0.15, -0.1) is 0 Å². The highest BCUT2D eigenvalue weighted by Gasteiger charge is 2.64. The van der Waals surface area contributed by atoms with Crippen molar-refractivity contribution in [1.82, 2.24) is 34.9 Å². The van der Waals surface area contributed by atoms with E-state index in [1.54, 1.807) is 37.5 Å². The second-order valence-corrected chi connectivity index (χ2v) is 19.7. The number of ether oxygens (including phenoxy) is 1. The molecule has 6 heterocycles. The highest BCUT2D eigenvalue weighted by atomic mass is 35.5. The van der Waals surface area contributed by atoms with Crippen molar-refractivity contribution in [3.63, 3.8) is 0 Å².